The second kappa shape index (κ2) is 7.88. The summed E-state index contributed by atoms with van der Waals surface area (Å²) in [5.74, 6) is 0.193. The molecule has 0 aromatic carbocycles. The summed E-state index contributed by atoms with van der Waals surface area (Å²) in [7, 11) is 0. The van der Waals surface area contributed by atoms with Crippen molar-refractivity contribution in [2.45, 2.75) is 46.1 Å². The molecule has 1 N–H and O–H groups in total. The first-order valence-electron chi connectivity index (χ1n) is 8.88. The number of thiophene rings is 1. The number of thiazole rings is 1. The molecule has 3 rings (SSSR count). The van der Waals surface area contributed by atoms with Gasteiger partial charge in [-0.2, -0.15) is 11.3 Å². The number of amides is 2. The molecule has 7 heteroatoms. The third-order valence-corrected chi connectivity index (χ3v) is 6.07. The van der Waals surface area contributed by atoms with E-state index in [2.05, 4.69) is 15.7 Å². The van der Waals surface area contributed by atoms with E-state index in [1.54, 1.807) is 22.7 Å². The fourth-order valence-electron chi connectivity index (χ4n) is 3.05. The van der Waals surface area contributed by atoms with Gasteiger partial charge in [-0.25, -0.2) is 4.98 Å². The maximum atomic E-state index is 12.3. The number of carbonyl (C=O) groups is 2. The Kier molecular flexibility index (Phi) is 5.77. The topological polar surface area (TPSA) is 62.3 Å². The fourth-order valence-corrected chi connectivity index (χ4v) is 4.58. The molecule has 0 saturated carbocycles. The first kappa shape index (κ1) is 19.0. The number of likely N-dealkylation sites (tertiary alicyclic amines) is 1. The van der Waals surface area contributed by atoms with Crippen molar-refractivity contribution in [3.05, 3.63) is 27.9 Å². The van der Waals surface area contributed by atoms with Crippen molar-refractivity contribution in [1.29, 1.82) is 0 Å². The molecule has 3 heterocycles. The minimum Gasteiger partial charge on any atom is -0.353 e. The highest BCUT2D eigenvalue weighted by atomic mass is 32.1. The molecular formula is C19H25N3O2S2. The molecule has 1 aliphatic rings. The predicted molar refractivity (Wildman–Crippen MR) is 106 cm³/mol. The average Bonchev–Trinajstić information content (AvgIpc) is 3.25. The lowest BCUT2D eigenvalue weighted by Gasteiger charge is -2.36. The van der Waals surface area contributed by atoms with Crippen molar-refractivity contribution in [2.75, 3.05) is 13.1 Å². The Bertz CT molecular complexity index is 754. The first-order valence-corrected chi connectivity index (χ1v) is 10.7. The Balaban J connectivity index is 1.47. The number of nitrogens with one attached hydrogen (secondary N) is 1. The van der Waals surface area contributed by atoms with E-state index in [4.69, 9.17) is 0 Å². The number of nitrogens with zero attached hydrogens (tertiary/aromatic N) is 2. The Labute approximate surface area is 162 Å². The molecule has 5 nitrogen and oxygen atoms in total. The molecule has 0 bridgehead atoms. The molecule has 140 valence electrons. The van der Waals surface area contributed by atoms with E-state index in [1.165, 1.54) is 0 Å². The van der Waals surface area contributed by atoms with Crippen LogP contribution in [0.5, 0.6) is 0 Å². The van der Waals surface area contributed by atoms with Gasteiger partial charge in [-0.1, -0.05) is 20.8 Å². The monoisotopic (exact) mass is 391 g/mol. The molecule has 0 aliphatic carbocycles. The second-order valence-corrected chi connectivity index (χ2v) is 9.35. The van der Waals surface area contributed by atoms with E-state index in [9.17, 15) is 9.59 Å². The predicted octanol–water partition coefficient (Wildman–Crippen LogP) is 3.57. The lowest BCUT2D eigenvalue weighted by molar-refractivity contribution is -0.140. The Morgan fingerprint density at radius 1 is 1.27 bits per heavy atom. The summed E-state index contributed by atoms with van der Waals surface area (Å²) >= 11 is 3.22. The van der Waals surface area contributed by atoms with Crippen LogP contribution >= 0.6 is 22.7 Å². The van der Waals surface area contributed by atoms with Crippen LogP contribution in [-0.2, 0) is 16.0 Å². The average molecular weight is 392 g/mol. The summed E-state index contributed by atoms with van der Waals surface area (Å²) in [5.41, 5.74) is 1.58. The number of carbonyl (C=O) groups excluding carboxylic acids is 2. The number of aromatic nitrogens is 1. The molecule has 2 aromatic heterocycles. The highest BCUT2D eigenvalue weighted by Crippen LogP contribution is 2.26. The van der Waals surface area contributed by atoms with Crippen LogP contribution in [0.3, 0.4) is 0 Å². The van der Waals surface area contributed by atoms with Crippen molar-refractivity contribution >= 4 is 34.5 Å². The van der Waals surface area contributed by atoms with Gasteiger partial charge in [-0.15, -0.1) is 11.3 Å². The first-order chi connectivity index (χ1) is 12.3. The van der Waals surface area contributed by atoms with Crippen molar-refractivity contribution in [3.8, 4) is 10.6 Å². The van der Waals surface area contributed by atoms with Crippen LogP contribution in [0, 0.1) is 5.41 Å². The minimum absolute atomic E-state index is 0.00719. The lowest BCUT2D eigenvalue weighted by atomic mass is 9.93. The Hall–Kier alpha value is -1.73. The summed E-state index contributed by atoms with van der Waals surface area (Å²) in [6.07, 6.45) is 1.93. The van der Waals surface area contributed by atoms with Crippen LogP contribution < -0.4 is 5.32 Å². The molecule has 0 atom stereocenters. The van der Waals surface area contributed by atoms with Gasteiger partial charge in [0.1, 0.15) is 5.01 Å². The molecular weight excluding hydrogens is 366 g/mol. The van der Waals surface area contributed by atoms with Gasteiger partial charge in [0.15, 0.2) is 0 Å². The quantitative estimate of drug-likeness (QED) is 0.867. The molecule has 0 radical (unpaired) electrons. The Morgan fingerprint density at radius 3 is 2.62 bits per heavy atom. The maximum absolute atomic E-state index is 12.3. The smallest absolute Gasteiger partial charge is 0.227 e. The molecule has 1 aliphatic heterocycles. The summed E-state index contributed by atoms with van der Waals surface area (Å²) in [4.78, 5) is 31.1. The normalized spacial score (nSPS) is 15.9. The van der Waals surface area contributed by atoms with Gasteiger partial charge in [-0.3, -0.25) is 9.59 Å². The molecule has 2 aromatic rings. The highest BCUT2D eigenvalue weighted by molar-refractivity contribution is 7.14. The van der Waals surface area contributed by atoms with Gasteiger partial charge in [-0.05, 0) is 24.3 Å². The Morgan fingerprint density at radius 2 is 2.00 bits per heavy atom. The van der Waals surface area contributed by atoms with Crippen LogP contribution in [-0.4, -0.2) is 40.8 Å². The zero-order valence-corrected chi connectivity index (χ0v) is 17.1. The molecule has 0 unspecified atom stereocenters. The highest BCUT2D eigenvalue weighted by Gasteiger charge is 2.30. The second-order valence-electron chi connectivity index (χ2n) is 7.72. The fraction of sp³-hybridized carbons (Fsp3) is 0.526. The number of rotatable bonds is 4. The molecule has 1 fully saturated rings. The standard InChI is InChI=1S/C19H25N3O2S2/c1-19(2,3)18(24)22-7-4-14(5-8-22)20-16(23)10-15-12-26-17(21-15)13-6-9-25-11-13/h6,9,11-12,14H,4-5,7-8,10H2,1-3H3,(H,20,23). The zero-order chi connectivity index (χ0) is 18.7. The minimum atomic E-state index is -0.346. The van der Waals surface area contributed by atoms with Gasteiger partial charge in [0.05, 0.1) is 12.1 Å². The van der Waals surface area contributed by atoms with Gasteiger partial charge in [0.2, 0.25) is 11.8 Å². The van der Waals surface area contributed by atoms with Crippen LogP contribution in [0.15, 0.2) is 22.2 Å². The van der Waals surface area contributed by atoms with Gasteiger partial charge >= 0.3 is 0 Å². The summed E-state index contributed by atoms with van der Waals surface area (Å²) in [5, 5.41) is 10.1. The largest absolute Gasteiger partial charge is 0.353 e. The molecule has 0 spiro atoms. The SMILES string of the molecule is CC(C)(C)C(=O)N1CCC(NC(=O)Cc2csc(-c3ccsc3)n2)CC1. The van der Waals surface area contributed by atoms with Crippen molar-refractivity contribution in [1.82, 2.24) is 15.2 Å². The molecule has 1 saturated heterocycles. The molecule has 2 amide bonds. The zero-order valence-electron chi connectivity index (χ0n) is 15.4. The third-order valence-electron chi connectivity index (χ3n) is 4.45. The van der Waals surface area contributed by atoms with Crippen LogP contribution in [0.2, 0.25) is 0 Å². The van der Waals surface area contributed by atoms with Crippen LogP contribution in [0.25, 0.3) is 10.6 Å². The van der Waals surface area contributed by atoms with Gasteiger partial charge in [0.25, 0.3) is 0 Å². The van der Waals surface area contributed by atoms with Gasteiger partial charge in [0, 0.05) is 40.9 Å². The van der Waals surface area contributed by atoms with E-state index < -0.39 is 0 Å². The van der Waals surface area contributed by atoms with E-state index in [1.807, 2.05) is 42.5 Å². The summed E-state index contributed by atoms with van der Waals surface area (Å²) in [6, 6.07) is 2.18. The van der Waals surface area contributed by atoms with Crippen molar-refractivity contribution in [3.63, 3.8) is 0 Å². The summed E-state index contributed by atoms with van der Waals surface area (Å²) in [6.45, 7) is 7.25. The van der Waals surface area contributed by atoms with Crippen LogP contribution in [0.1, 0.15) is 39.3 Å². The molecule has 26 heavy (non-hydrogen) atoms. The van der Waals surface area contributed by atoms with E-state index in [0.29, 0.717) is 19.5 Å². The van der Waals surface area contributed by atoms with E-state index in [-0.39, 0.29) is 23.3 Å². The van der Waals surface area contributed by atoms with Crippen molar-refractivity contribution in [2.24, 2.45) is 5.41 Å². The van der Waals surface area contributed by atoms with Crippen LogP contribution in [0.4, 0.5) is 0 Å². The van der Waals surface area contributed by atoms with E-state index >= 15 is 0 Å². The lowest BCUT2D eigenvalue weighted by Crippen LogP contribution is -2.49. The third kappa shape index (κ3) is 4.71. The van der Waals surface area contributed by atoms with Gasteiger partial charge < -0.3 is 10.2 Å². The summed E-state index contributed by atoms with van der Waals surface area (Å²) < 4.78 is 0. The number of hydrogen-bond acceptors (Lipinski definition) is 5. The maximum Gasteiger partial charge on any atom is 0.227 e. The van der Waals surface area contributed by atoms with E-state index in [0.717, 1.165) is 29.1 Å². The number of hydrogen-bond donors (Lipinski definition) is 1. The van der Waals surface area contributed by atoms with Crippen molar-refractivity contribution < 1.29 is 9.59 Å². The number of piperidine rings is 1.